The van der Waals surface area contributed by atoms with Crippen LogP contribution in [0.25, 0.3) is 0 Å². The third-order valence-electron chi connectivity index (χ3n) is 3.19. The van der Waals surface area contributed by atoms with Gasteiger partial charge < -0.3 is 4.52 Å². The summed E-state index contributed by atoms with van der Waals surface area (Å²) in [5.74, 6) is 0.569. The van der Waals surface area contributed by atoms with E-state index in [0.29, 0.717) is 12.4 Å². The second-order valence-corrected chi connectivity index (χ2v) is 10.6. The maximum absolute atomic E-state index is 12.8. The van der Waals surface area contributed by atoms with Gasteiger partial charge in [-0.2, -0.15) is 0 Å². The second-order valence-electron chi connectivity index (χ2n) is 5.17. The molecule has 0 aliphatic heterocycles. The molecule has 0 radical (unpaired) electrons. The van der Waals surface area contributed by atoms with Crippen molar-refractivity contribution >= 4 is 29.9 Å². The first-order valence-electron chi connectivity index (χ1n) is 8.00. The van der Waals surface area contributed by atoms with E-state index >= 15 is 0 Å². The van der Waals surface area contributed by atoms with Crippen molar-refractivity contribution in [1.29, 1.82) is 0 Å². The summed E-state index contributed by atoms with van der Waals surface area (Å²) in [6, 6.07) is 17.8. The lowest BCUT2D eigenvalue weighted by atomic mass is 10.3. The van der Waals surface area contributed by atoms with Crippen LogP contribution in [0.15, 0.2) is 64.4 Å². The van der Waals surface area contributed by atoms with Gasteiger partial charge in [-0.1, -0.05) is 43.8 Å². The van der Waals surface area contributed by atoms with Crippen LogP contribution in [0.2, 0.25) is 0 Å². The Kier molecular flexibility index (Phi) is 7.76. The Morgan fingerprint density at radius 3 is 2.21 bits per heavy atom. The Bertz CT molecular complexity index is 662. The van der Waals surface area contributed by atoms with E-state index in [9.17, 15) is 4.57 Å². The maximum Gasteiger partial charge on any atom is 0.440 e. The SMILES string of the molecule is CCOP(=O)(Oc1ccc(Sc2ccccc2)cc1)SC(C)CC. The van der Waals surface area contributed by atoms with Gasteiger partial charge in [0.15, 0.2) is 0 Å². The fraction of sp³-hybridized carbons (Fsp3) is 0.333. The molecular formula is C18H23O3PS2. The smallest absolute Gasteiger partial charge is 0.417 e. The molecule has 130 valence electrons. The largest absolute Gasteiger partial charge is 0.440 e. The molecule has 0 fully saturated rings. The molecule has 0 amide bonds. The monoisotopic (exact) mass is 382 g/mol. The lowest BCUT2D eigenvalue weighted by molar-refractivity contribution is 0.296. The molecular weight excluding hydrogens is 359 g/mol. The average molecular weight is 382 g/mol. The summed E-state index contributed by atoms with van der Waals surface area (Å²) in [6.07, 6.45) is 0.914. The number of hydrogen-bond donors (Lipinski definition) is 0. The van der Waals surface area contributed by atoms with Gasteiger partial charge in [-0.15, -0.1) is 0 Å². The summed E-state index contributed by atoms with van der Waals surface area (Å²) in [7, 11) is 0. The van der Waals surface area contributed by atoms with E-state index in [1.165, 1.54) is 16.3 Å². The minimum Gasteiger partial charge on any atom is -0.417 e. The number of rotatable bonds is 9. The molecule has 2 aromatic carbocycles. The zero-order valence-electron chi connectivity index (χ0n) is 14.2. The predicted octanol–water partition coefficient (Wildman–Crippen LogP) is 6.89. The number of hydrogen-bond acceptors (Lipinski definition) is 5. The van der Waals surface area contributed by atoms with Crippen molar-refractivity contribution in [2.45, 2.75) is 42.2 Å². The van der Waals surface area contributed by atoms with Crippen molar-refractivity contribution in [2.24, 2.45) is 0 Å². The van der Waals surface area contributed by atoms with Gasteiger partial charge in [0.25, 0.3) is 0 Å². The fourth-order valence-electron chi connectivity index (χ4n) is 1.85. The van der Waals surface area contributed by atoms with Crippen LogP contribution in [-0.4, -0.2) is 11.9 Å². The molecule has 0 aromatic heterocycles. The molecule has 0 saturated carbocycles. The van der Waals surface area contributed by atoms with Crippen LogP contribution in [0.4, 0.5) is 0 Å². The Balaban J connectivity index is 2.04. The van der Waals surface area contributed by atoms with Crippen molar-refractivity contribution in [3.63, 3.8) is 0 Å². The molecule has 2 atom stereocenters. The molecule has 0 aliphatic carbocycles. The van der Waals surface area contributed by atoms with Gasteiger partial charge >= 0.3 is 6.80 Å². The summed E-state index contributed by atoms with van der Waals surface area (Å²) in [4.78, 5) is 2.29. The zero-order chi connectivity index (χ0) is 17.4. The van der Waals surface area contributed by atoms with E-state index in [4.69, 9.17) is 9.05 Å². The van der Waals surface area contributed by atoms with E-state index in [0.717, 1.165) is 11.3 Å². The van der Waals surface area contributed by atoms with Crippen molar-refractivity contribution < 1.29 is 13.6 Å². The van der Waals surface area contributed by atoms with Gasteiger partial charge in [0.1, 0.15) is 5.75 Å². The lowest BCUT2D eigenvalue weighted by Crippen LogP contribution is -2.00. The molecule has 0 heterocycles. The van der Waals surface area contributed by atoms with Crippen LogP contribution in [-0.2, 0) is 9.09 Å². The summed E-state index contributed by atoms with van der Waals surface area (Å²) < 4.78 is 24.0. The first kappa shape index (κ1) is 19.5. The molecule has 0 spiro atoms. The van der Waals surface area contributed by atoms with E-state index in [1.807, 2.05) is 56.3 Å². The topological polar surface area (TPSA) is 35.5 Å². The minimum absolute atomic E-state index is 0.218. The Labute approximate surface area is 152 Å². The van der Waals surface area contributed by atoms with Gasteiger partial charge in [0, 0.05) is 15.0 Å². The molecule has 24 heavy (non-hydrogen) atoms. The normalized spacial score (nSPS) is 14.8. The van der Waals surface area contributed by atoms with Gasteiger partial charge in [-0.05, 0) is 61.1 Å². The van der Waals surface area contributed by atoms with Crippen LogP contribution in [0.1, 0.15) is 27.2 Å². The van der Waals surface area contributed by atoms with Crippen molar-refractivity contribution in [3.05, 3.63) is 54.6 Å². The third-order valence-corrected chi connectivity index (χ3v) is 8.56. The molecule has 6 heteroatoms. The van der Waals surface area contributed by atoms with Crippen molar-refractivity contribution in [3.8, 4) is 5.75 Å². The van der Waals surface area contributed by atoms with Crippen LogP contribution >= 0.6 is 29.9 Å². The molecule has 3 nitrogen and oxygen atoms in total. The summed E-state index contributed by atoms with van der Waals surface area (Å²) in [6.45, 7) is 3.09. The highest BCUT2D eigenvalue weighted by molar-refractivity contribution is 8.55. The molecule has 2 rings (SSSR count). The van der Waals surface area contributed by atoms with Gasteiger partial charge in [0.05, 0.1) is 6.61 Å². The summed E-state index contributed by atoms with van der Waals surface area (Å²) in [5.41, 5.74) is 0. The van der Waals surface area contributed by atoms with E-state index in [2.05, 4.69) is 19.1 Å². The Morgan fingerprint density at radius 2 is 1.62 bits per heavy atom. The highest BCUT2D eigenvalue weighted by atomic mass is 32.7. The highest BCUT2D eigenvalue weighted by Gasteiger charge is 2.29. The summed E-state index contributed by atoms with van der Waals surface area (Å²) in [5, 5.41) is 0.218. The predicted molar refractivity (Wildman–Crippen MR) is 104 cm³/mol. The lowest BCUT2D eigenvalue weighted by Gasteiger charge is -2.20. The van der Waals surface area contributed by atoms with Gasteiger partial charge in [-0.3, -0.25) is 4.52 Å². The van der Waals surface area contributed by atoms with Gasteiger partial charge in [-0.25, -0.2) is 4.57 Å². The minimum atomic E-state index is -3.19. The van der Waals surface area contributed by atoms with Crippen molar-refractivity contribution in [2.75, 3.05) is 6.61 Å². The average Bonchev–Trinajstić information content (AvgIpc) is 2.57. The molecule has 2 aromatic rings. The maximum atomic E-state index is 12.8. The van der Waals surface area contributed by atoms with E-state index < -0.39 is 6.80 Å². The molecule has 0 N–H and O–H groups in total. The number of benzene rings is 2. The highest BCUT2D eigenvalue weighted by Crippen LogP contribution is 2.62. The fourth-order valence-corrected chi connectivity index (χ4v) is 6.79. The summed E-state index contributed by atoms with van der Waals surface area (Å²) >= 11 is 2.96. The van der Waals surface area contributed by atoms with Crippen molar-refractivity contribution in [1.82, 2.24) is 0 Å². The van der Waals surface area contributed by atoms with Crippen LogP contribution in [0.5, 0.6) is 5.75 Å². The molecule has 0 bridgehead atoms. The Hall–Kier alpha value is -0.870. The Morgan fingerprint density at radius 1 is 1.00 bits per heavy atom. The molecule has 0 aliphatic rings. The molecule has 0 saturated heterocycles. The zero-order valence-corrected chi connectivity index (χ0v) is 16.7. The van der Waals surface area contributed by atoms with Crippen LogP contribution in [0, 0.1) is 0 Å². The second kappa shape index (κ2) is 9.57. The third kappa shape index (κ3) is 6.21. The van der Waals surface area contributed by atoms with E-state index in [-0.39, 0.29) is 5.25 Å². The first-order valence-corrected chi connectivity index (χ1v) is 11.8. The first-order chi connectivity index (χ1) is 11.5. The van der Waals surface area contributed by atoms with Gasteiger partial charge in [0.2, 0.25) is 0 Å². The molecule has 2 unspecified atom stereocenters. The van der Waals surface area contributed by atoms with E-state index in [1.54, 1.807) is 11.8 Å². The standard InChI is InChI=1S/C18H23O3PS2/c1-4-15(3)24-22(19,20-5-2)21-16-11-13-18(14-12-16)23-17-9-7-6-8-10-17/h6-15H,4-5H2,1-3H3. The quantitative estimate of drug-likeness (QED) is 0.441. The van der Waals surface area contributed by atoms with Crippen LogP contribution in [0.3, 0.4) is 0 Å². The van der Waals surface area contributed by atoms with Crippen LogP contribution < -0.4 is 4.52 Å².